The topological polar surface area (TPSA) is 126 Å². The van der Waals surface area contributed by atoms with Crippen LogP contribution in [-0.4, -0.2) is 44.7 Å². The van der Waals surface area contributed by atoms with E-state index >= 15 is 0 Å². The first-order valence-electron chi connectivity index (χ1n) is 15.0. The van der Waals surface area contributed by atoms with Crippen LogP contribution >= 0.6 is 0 Å². The summed E-state index contributed by atoms with van der Waals surface area (Å²) in [6, 6.07) is 11.3. The SMILES string of the molecule is CC(=O)C1C(=O)C(C(C)C)[C@@]2(C)[C@H](C)[C@]3(C)C(C(=O)c4c(ccc(/C=C/c5ccc(C)cc5)c4O)[C@H]3C)C(=O)[C@@]2(O)C1=O. The first-order chi connectivity index (χ1) is 20.0. The molecule has 7 heteroatoms. The van der Waals surface area contributed by atoms with Crippen molar-refractivity contribution < 1.29 is 34.2 Å². The second kappa shape index (κ2) is 9.91. The second-order valence-electron chi connectivity index (χ2n) is 13.7. The summed E-state index contributed by atoms with van der Waals surface area (Å²) in [7, 11) is 0. The zero-order valence-electron chi connectivity index (χ0n) is 26.0. The van der Waals surface area contributed by atoms with Gasteiger partial charge in [0, 0.05) is 16.9 Å². The standard InChI is InChI=1S/C36H40O7/c1-17(2)27-30(39)25(20(5)37)32(41)36(43)33(42)28-31(40)26-24(19(4)34(28,7)21(6)35(27,36)8)16-15-23(29(26)38)14-13-22-11-9-18(3)10-12-22/h9-17,19,21,25,27-28,38,43H,1-8H3/b14-13+/t19-,21-,25?,27?,28?,34-,35-,36+/m1/s1. The molecule has 3 aliphatic rings. The molecule has 43 heavy (non-hydrogen) atoms. The number of carbonyl (C=O) groups excluding carboxylic acids is 5. The highest BCUT2D eigenvalue weighted by Crippen LogP contribution is 2.69. The number of aromatic hydroxyl groups is 1. The van der Waals surface area contributed by atoms with Crippen molar-refractivity contribution in [2.45, 2.75) is 66.9 Å². The number of benzene rings is 2. The third-order valence-electron chi connectivity index (χ3n) is 11.5. The minimum Gasteiger partial charge on any atom is -0.507 e. The second-order valence-corrected chi connectivity index (χ2v) is 13.7. The molecule has 5 rings (SSSR count). The Morgan fingerprint density at radius 2 is 1.53 bits per heavy atom. The molecule has 2 fully saturated rings. The normalized spacial score (nSPS) is 35.6. The largest absolute Gasteiger partial charge is 0.507 e. The van der Waals surface area contributed by atoms with Crippen molar-refractivity contribution in [3.63, 3.8) is 0 Å². The summed E-state index contributed by atoms with van der Waals surface area (Å²) >= 11 is 0. The van der Waals surface area contributed by atoms with Gasteiger partial charge in [0.15, 0.2) is 28.7 Å². The van der Waals surface area contributed by atoms with Crippen molar-refractivity contribution in [2.75, 3.05) is 0 Å². The van der Waals surface area contributed by atoms with Crippen molar-refractivity contribution >= 4 is 41.1 Å². The van der Waals surface area contributed by atoms with E-state index in [1.165, 1.54) is 0 Å². The number of phenols is 1. The quantitative estimate of drug-likeness (QED) is 0.365. The van der Waals surface area contributed by atoms with Gasteiger partial charge in [0.05, 0.1) is 11.5 Å². The van der Waals surface area contributed by atoms with E-state index < -0.39 is 80.9 Å². The van der Waals surface area contributed by atoms with Crippen LogP contribution in [0.4, 0.5) is 0 Å². The van der Waals surface area contributed by atoms with Crippen molar-refractivity contribution in [3.8, 4) is 5.75 Å². The maximum absolute atomic E-state index is 14.6. The van der Waals surface area contributed by atoms with Gasteiger partial charge in [-0.25, -0.2) is 0 Å². The third-order valence-corrected chi connectivity index (χ3v) is 11.5. The lowest BCUT2D eigenvalue weighted by atomic mass is 9.35. The highest BCUT2D eigenvalue weighted by molar-refractivity contribution is 6.32. The van der Waals surface area contributed by atoms with E-state index in [0.717, 1.165) is 18.1 Å². The van der Waals surface area contributed by atoms with Gasteiger partial charge in [-0.05, 0) is 48.1 Å². The Kier molecular flexibility index (Phi) is 7.09. The maximum Gasteiger partial charge on any atom is 0.190 e. The van der Waals surface area contributed by atoms with Crippen LogP contribution in [0.15, 0.2) is 36.4 Å². The van der Waals surface area contributed by atoms with E-state index in [1.54, 1.807) is 45.9 Å². The van der Waals surface area contributed by atoms with Gasteiger partial charge in [0.2, 0.25) is 0 Å². The highest BCUT2D eigenvalue weighted by Gasteiger charge is 2.79. The number of carbonyl (C=O) groups is 5. The molecule has 2 saturated carbocycles. The van der Waals surface area contributed by atoms with Gasteiger partial charge in [0.25, 0.3) is 0 Å². The van der Waals surface area contributed by atoms with E-state index in [4.69, 9.17) is 0 Å². The fraction of sp³-hybridized carbons (Fsp3) is 0.472. The molecule has 7 nitrogen and oxygen atoms in total. The van der Waals surface area contributed by atoms with Gasteiger partial charge >= 0.3 is 0 Å². The number of hydrogen-bond acceptors (Lipinski definition) is 7. The van der Waals surface area contributed by atoms with Crippen molar-refractivity contribution in [2.24, 2.45) is 40.4 Å². The van der Waals surface area contributed by atoms with Crippen LogP contribution < -0.4 is 0 Å². The molecule has 0 bridgehead atoms. The number of Topliss-reactive ketones (excluding diaryl/α,β-unsaturated/α-hetero) is 5. The van der Waals surface area contributed by atoms with Crippen LogP contribution in [0.5, 0.6) is 5.75 Å². The van der Waals surface area contributed by atoms with Crippen LogP contribution in [0.25, 0.3) is 12.2 Å². The van der Waals surface area contributed by atoms with E-state index in [9.17, 15) is 34.2 Å². The van der Waals surface area contributed by atoms with E-state index in [-0.39, 0.29) is 11.3 Å². The average molecular weight is 585 g/mol. The molecule has 0 aliphatic heterocycles. The average Bonchev–Trinajstić information content (AvgIpc) is 2.93. The van der Waals surface area contributed by atoms with Crippen LogP contribution in [-0.2, 0) is 19.2 Å². The number of aryl methyl sites for hydroxylation is 1. The van der Waals surface area contributed by atoms with E-state index in [0.29, 0.717) is 11.1 Å². The lowest BCUT2D eigenvalue weighted by Gasteiger charge is -2.66. The Balaban J connectivity index is 1.70. The molecule has 3 aliphatic carbocycles. The van der Waals surface area contributed by atoms with Gasteiger partial charge in [-0.15, -0.1) is 0 Å². The zero-order chi connectivity index (χ0) is 32.0. The smallest absolute Gasteiger partial charge is 0.190 e. The minimum atomic E-state index is -2.73. The zero-order valence-corrected chi connectivity index (χ0v) is 26.0. The first kappa shape index (κ1) is 30.7. The number of aliphatic hydroxyl groups is 1. The summed E-state index contributed by atoms with van der Waals surface area (Å²) in [4.78, 5) is 69.4. The van der Waals surface area contributed by atoms with Gasteiger partial charge in [-0.1, -0.05) is 95.7 Å². The number of fused-ring (bicyclic) bond motifs is 3. The van der Waals surface area contributed by atoms with Gasteiger partial charge in [-0.3, -0.25) is 24.0 Å². The molecule has 2 aromatic rings. The summed E-state index contributed by atoms with van der Waals surface area (Å²) in [5.41, 5.74) is -2.46. The Hall–Kier alpha value is -3.71. The predicted molar refractivity (Wildman–Crippen MR) is 162 cm³/mol. The van der Waals surface area contributed by atoms with Crippen molar-refractivity contribution in [1.29, 1.82) is 0 Å². The molecule has 0 amide bonds. The summed E-state index contributed by atoms with van der Waals surface area (Å²) in [5.74, 6) is -10.2. The molecule has 0 spiro atoms. The molecule has 0 radical (unpaired) electrons. The number of hydrogen-bond donors (Lipinski definition) is 2. The Morgan fingerprint density at radius 1 is 0.930 bits per heavy atom. The van der Waals surface area contributed by atoms with Gasteiger partial charge < -0.3 is 10.2 Å². The Bertz CT molecular complexity index is 1610. The van der Waals surface area contributed by atoms with Crippen LogP contribution in [0, 0.1) is 47.3 Å². The molecule has 226 valence electrons. The van der Waals surface area contributed by atoms with Crippen molar-refractivity contribution in [3.05, 3.63) is 64.2 Å². The summed E-state index contributed by atoms with van der Waals surface area (Å²) in [6.45, 7) is 13.7. The van der Waals surface area contributed by atoms with Crippen molar-refractivity contribution in [1.82, 2.24) is 0 Å². The van der Waals surface area contributed by atoms with Gasteiger partial charge in [0.1, 0.15) is 17.5 Å². The summed E-state index contributed by atoms with van der Waals surface area (Å²) < 4.78 is 0. The number of ketones is 5. The molecule has 0 saturated heterocycles. The number of rotatable bonds is 4. The summed E-state index contributed by atoms with van der Waals surface area (Å²) in [6.07, 6.45) is 3.51. The van der Waals surface area contributed by atoms with Crippen LogP contribution in [0.2, 0.25) is 0 Å². The lowest BCUT2D eigenvalue weighted by molar-refractivity contribution is -0.222. The molecular weight excluding hydrogens is 544 g/mol. The van der Waals surface area contributed by atoms with Crippen LogP contribution in [0.1, 0.15) is 87.0 Å². The summed E-state index contributed by atoms with van der Waals surface area (Å²) in [5, 5.41) is 23.8. The molecule has 0 aromatic heterocycles. The monoisotopic (exact) mass is 584 g/mol. The fourth-order valence-electron chi connectivity index (χ4n) is 8.81. The van der Waals surface area contributed by atoms with Crippen LogP contribution in [0.3, 0.4) is 0 Å². The Labute approximate surface area is 252 Å². The maximum atomic E-state index is 14.6. The molecule has 2 N–H and O–H groups in total. The molecule has 8 atom stereocenters. The first-order valence-corrected chi connectivity index (χ1v) is 15.0. The van der Waals surface area contributed by atoms with E-state index in [1.807, 2.05) is 51.1 Å². The number of phenolic OH excluding ortho intramolecular Hbond substituents is 1. The minimum absolute atomic E-state index is 0.00311. The van der Waals surface area contributed by atoms with Gasteiger partial charge in [-0.2, -0.15) is 0 Å². The third kappa shape index (κ3) is 3.79. The molecular formula is C36H40O7. The predicted octanol–water partition coefficient (Wildman–Crippen LogP) is 5.38. The Morgan fingerprint density at radius 3 is 2.09 bits per heavy atom. The molecule has 3 unspecified atom stereocenters. The molecule has 0 heterocycles. The fourth-order valence-corrected chi connectivity index (χ4v) is 8.81. The lowest BCUT2D eigenvalue weighted by Crippen LogP contribution is -2.79. The molecule has 2 aromatic carbocycles. The van der Waals surface area contributed by atoms with E-state index in [2.05, 4.69) is 0 Å². The highest BCUT2D eigenvalue weighted by atomic mass is 16.3.